The first-order valence-electron chi connectivity index (χ1n) is 7.47. The Kier molecular flexibility index (Phi) is 4.14. The molecule has 0 aliphatic heterocycles. The maximum atomic E-state index is 11.7. The molecule has 0 spiro atoms. The van der Waals surface area contributed by atoms with Gasteiger partial charge >= 0.3 is 0 Å². The second-order valence-electron chi connectivity index (χ2n) is 5.82. The Bertz CT molecular complexity index is 739. The third kappa shape index (κ3) is 3.41. The van der Waals surface area contributed by atoms with Crippen molar-refractivity contribution in [2.45, 2.75) is 24.8 Å². The number of nitrogens with one attached hydrogen (secondary N) is 2. The second-order valence-corrected chi connectivity index (χ2v) is 5.82. The molecule has 0 aromatic carbocycles. The van der Waals surface area contributed by atoms with Crippen molar-refractivity contribution in [1.82, 2.24) is 19.9 Å². The molecule has 122 valence electrons. The van der Waals surface area contributed by atoms with Crippen LogP contribution >= 0.6 is 0 Å². The number of H-pyrrole nitrogens is 1. The zero-order valence-electron chi connectivity index (χ0n) is 13.4. The Hall–Kier alpha value is -2.64. The molecule has 3 rings (SSSR count). The van der Waals surface area contributed by atoms with Crippen molar-refractivity contribution in [1.29, 1.82) is 0 Å². The number of hydrogen-bond acceptors (Lipinski definition) is 7. The van der Waals surface area contributed by atoms with E-state index in [0.717, 1.165) is 18.5 Å². The van der Waals surface area contributed by atoms with Crippen LogP contribution in [0.4, 0.5) is 11.9 Å². The molecule has 8 nitrogen and oxygen atoms in total. The largest absolute Gasteiger partial charge is 0.481 e. The van der Waals surface area contributed by atoms with E-state index in [1.807, 2.05) is 14.1 Å². The highest BCUT2D eigenvalue weighted by molar-refractivity contribution is 5.33. The Morgan fingerprint density at radius 1 is 1.35 bits per heavy atom. The van der Waals surface area contributed by atoms with Crippen molar-refractivity contribution in [2.24, 2.45) is 0 Å². The van der Waals surface area contributed by atoms with Gasteiger partial charge in [-0.2, -0.15) is 4.98 Å². The first-order valence-corrected chi connectivity index (χ1v) is 7.47. The van der Waals surface area contributed by atoms with E-state index >= 15 is 0 Å². The second kappa shape index (κ2) is 6.23. The Balaban J connectivity index is 1.64. The molecule has 0 radical (unpaired) electrons. The zero-order valence-corrected chi connectivity index (χ0v) is 13.4. The lowest BCUT2D eigenvalue weighted by atomic mass is 9.78. The average molecular weight is 316 g/mol. The summed E-state index contributed by atoms with van der Waals surface area (Å²) in [6.45, 7) is 0. The highest BCUT2D eigenvalue weighted by Crippen LogP contribution is 2.37. The zero-order chi connectivity index (χ0) is 16.4. The SMILES string of the molecule is COc1ccnc(NC2CC(c3cc(=O)[nH]c(N(C)C)n3)C2)n1. The molecule has 2 heterocycles. The summed E-state index contributed by atoms with van der Waals surface area (Å²) in [4.78, 5) is 29.2. The van der Waals surface area contributed by atoms with Crippen LogP contribution < -0.4 is 20.5 Å². The molecule has 1 saturated carbocycles. The minimum Gasteiger partial charge on any atom is -0.481 e. The van der Waals surface area contributed by atoms with Gasteiger partial charge in [-0.1, -0.05) is 0 Å². The fourth-order valence-corrected chi connectivity index (χ4v) is 2.57. The van der Waals surface area contributed by atoms with Crippen LogP contribution in [0.1, 0.15) is 24.5 Å². The molecule has 2 N–H and O–H groups in total. The van der Waals surface area contributed by atoms with Gasteiger partial charge in [0.2, 0.25) is 17.8 Å². The molecule has 0 bridgehead atoms. The highest BCUT2D eigenvalue weighted by Gasteiger charge is 2.32. The monoisotopic (exact) mass is 316 g/mol. The maximum Gasteiger partial charge on any atom is 0.252 e. The summed E-state index contributed by atoms with van der Waals surface area (Å²) in [7, 11) is 5.28. The Labute approximate surface area is 134 Å². The molecule has 0 amide bonds. The van der Waals surface area contributed by atoms with Gasteiger partial charge in [-0.15, -0.1) is 0 Å². The van der Waals surface area contributed by atoms with Gasteiger partial charge in [0, 0.05) is 44.4 Å². The predicted molar refractivity (Wildman–Crippen MR) is 87.2 cm³/mol. The van der Waals surface area contributed by atoms with Gasteiger partial charge in [-0.05, 0) is 12.8 Å². The lowest BCUT2D eigenvalue weighted by molar-refractivity contribution is 0.363. The lowest BCUT2D eigenvalue weighted by Gasteiger charge is -2.35. The summed E-state index contributed by atoms with van der Waals surface area (Å²) < 4.78 is 5.08. The van der Waals surface area contributed by atoms with E-state index in [0.29, 0.717) is 17.8 Å². The molecule has 8 heteroatoms. The number of aromatic nitrogens is 4. The van der Waals surface area contributed by atoms with Crippen LogP contribution in [0.15, 0.2) is 23.1 Å². The molecule has 1 fully saturated rings. The van der Waals surface area contributed by atoms with Gasteiger partial charge in [-0.25, -0.2) is 9.97 Å². The lowest BCUT2D eigenvalue weighted by Crippen LogP contribution is -2.36. The third-order valence-corrected chi connectivity index (χ3v) is 3.90. The number of rotatable bonds is 5. The summed E-state index contributed by atoms with van der Waals surface area (Å²) in [5.74, 6) is 1.95. The fourth-order valence-electron chi connectivity index (χ4n) is 2.57. The van der Waals surface area contributed by atoms with Gasteiger partial charge in [-0.3, -0.25) is 9.78 Å². The molecule has 2 aromatic heterocycles. The van der Waals surface area contributed by atoms with Crippen LogP contribution in [0, 0.1) is 0 Å². The number of anilines is 2. The number of hydrogen-bond donors (Lipinski definition) is 2. The maximum absolute atomic E-state index is 11.7. The summed E-state index contributed by atoms with van der Waals surface area (Å²) >= 11 is 0. The van der Waals surface area contributed by atoms with Crippen molar-refractivity contribution in [2.75, 3.05) is 31.4 Å². The summed E-state index contributed by atoms with van der Waals surface area (Å²) in [5, 5.41) is 3.28. The van der Waals surface area contributed by atoms with Gasteiger partial charge < -0.3 is 15.0 Å². The standard InChI is InChI=1S/C15H20N6O2/c1-21(2)15-18-11(8-12(22)19-15)9-6-10(7-9)17-14-16-5-4-13(20-14)23-3/h4-5,8-10H,6-7H2,1-3H3,(H,16,17,20)(H,18,19,22). The minimum absolute atomic E-state index is 0.119. The molecular weight excluding hydrogens is 296 g/mol. The van der Waals surface area contributed by atoms with E-state index < -0.39 is 0 Å². The number of aromatic amines is 1. The number of nitrogens with zero attached hydrogens (tertiary/aromatic N) is 4. The van der Waals surface area contributed by atoms with E-state index in [4.69, 9.17) is 4.74 Å². The van der Waals surface area contributed by atoms with Crippen LogP contribution in [-0.4, -0.2) is 47.2 Å². The van der Waals surface area contributed by atoms with E-state index in [9.17, 15) is 4.79 Å². The van der Waals surface area contributed by atoms with Gasteiger partial charge in [0.25, 0.3) is 5.56 Å². The van der Waals surface area contributed by atoms with Crippen molar-refractivity contribution < 1.29 is 4.74 Å². The van der Waals surface area contributed by atoms with E-state index in [-0.39, 0.29) is 17.5 Å². The molecule has 2 aromatic rings. The third-order valence-electron chi connectivity index (χ3n) is 3.90. The minimum atomic E-state index is -0.119. The van der Waals surface area contributed by atoms with E-state index in [1.165, 1.54) is 0 Å². The van der Waals surface area contributed by atoms with Gasteiger partial charge in [0.15, 0.2) is 0 Å². The smallest absolute Gasteiger partial charge is 0.252 e. The Morgan fingerprint density at radius 3 is 2.83 bits per heavy atom. The van der Waals surface area contributed by atoms with Crippen molar-refractivity contribution >= 4 is 11.9 Å². The van der Waals surface area contributed by atoms with Crippen LogP contribution in [0.2, 0.25) is 0 Å². The Morgan fingerprint density at radius 2 is 2.13 bits per heavy atom. The number of methoxy groups -OCH3 is 1. The molecule has 0 saturated heterocycles. The normalized spacial score (nSPS) is 19.8. The molecule has 0 atom stereocenters. The number of ether oxygens (including phenoxy) is 1. The van der Waals surface area contributed by atoms with Crippen LogP contribution in [0.25, 0.3) is 0 Å². The van der Waals surface area contributed by atoms with E-state index in [2.05, 4.69) is 25.3 Å². The van der Waals surface area contributed by atoms with Gasteiger partial charge in [0.1, 0.15) is 0 Å². The molecule has 0 unspecified atom stereocenters. The van der Waals surface area contributed by atoms with Crippen molar-refractivity contribution in [3.8, 4) is 5.88 Å². The first-order chi connectivity index (χ1) is 11.0. The molecular formula is C15H20N6O2. The first kappa shape index (κ1) is 15.3. The van der Waals surface area contributed by atoms with Crippen LogP contribution in [0.5, 0.6) is 5.88 Å². The van der Waals surface area contributed by atoms with Crippen molar-refractivity contribution in [3.05, 3.63) is 34.4 Å². The molecule has 23 heavy (non-hydrogen) atoms. The van der Waals surface area contributed by atoms with Crippen LogP contribution in [0.3, 0.4) is 0 Å². The molecule has 1 aliphatic rings. The highest BCUT2D eigenvalue weighted by atomic mass is 16.5. The summed E-state index contributed by atoms with van der Waals surface area (Å²) in [6, 6.07) is 3.56. The quantitative estimate of drug-likeness (QED) is 0.849. The predicted octanol–water partition coefficient (Wildman–Crippen LogP) is 0.993. The van der Waals surface area contributed by atoms with Gasteiger partial charge in [0.05, 0.1) is 12.8 Å². The van der Waals surface area contributed by atoms with Crippen LogP contribution in [-0.2, 0) is 0 Å². The summed E-state index contributed by atoms with van der Waals surface area (Å²) in [6.07, 6.45) is 3.44. The van der Waals surface area contributed by atoms with E-state index in [1.54, 1.807) is 30.3 Å². The fraction of sp³-hybridized carbons (Fsp3) is 0.467. The van der Waals surface area contributed by atoms with Crippen molar-refractivity contribution in [3.63, 3.8) is 0 Å². The summed E-state index contributed by atoms with van der Waals surface area (Å²) in [5.41, 5.74) is 0.716. The topological polar surface area (TPSA) is 96.0 Å². The average Bonchev–Trinajstić information content (AvgIpc) is 2.50. The molecule has 1 aliphatic carbocycles.